The quantitative estimate of drug-likeness (QED) is 0.679. The van der Waals surface area contributed by atoms with Crippen LogP contribution in [0.4, 0.5) is 0 Å². The Morgan fingerprint density at radius 2 is 1.67 bits per heavy atom. The summed E-state index contributed by atoms with van der Waals surface area (Å²) in [5.74, 6) is 0. The van der Waals surface area contributed by atoms with Crippen molar-refractivity contribution in [2.45, 2.75) is 46.5 Å². The van der Waals surface area contributed by atoms with E-state index in [9.17, 15) is 0 Å². The van der Waals surface area contributed by atoms with Crippen molar-refractivity contribution in [3.05, 3.63) is 34.4 Å². The van der Waals surface area contributed by atoms with Crippen LogP contribution in [0.5, 0.6) is 0 Å². The number of nitriles is 1. The normalized spacial score (nSPS) is 10.0. The van der Waals surface area contributed by atoms with Crippen molar-refractivity contribution in [3.63, 3.8) is 0 Å². The lowest BCUT2D eigenvalue weighted by Crippen LogP contribution is -1.95. The van der Waals surface area contributed by atoms with E-state index in [2.05, 4.69) is 39.0 Å². The molecule has 0 aliphatic carbocycles. The number of unbranched alkanes of at least 4 members (excludes halogenated alkanes) is 2. The van der Waals surface area contributed by atoms with E-state index >= 15 is 0 Å². The van der Waals surface area contributed by atoms with Gasteiger partial charge in [0.25, 0.3) is 0 Å². The molecule has 1 heteroatoms. The van der Waals surface area contributed by atoms with Gasteiger partial charge in [0.2, 0.25) is 0 Å². The van der Waals surface area contributed by atoms with Crippen LogP contribution in [-0.2, 0) is 6.42 Å². The van der Waals surface area contributed by atoms with Gasteiger partial charge in [-0.05, 0) is 56.7 Å². The SMILES string of the molecule is Cc1cc(C)c(CCCCC#N)c(C)c1. The first kappa shape index (κ1) is 11.8. The van der Waals surface area contributed by atoms with Crippen LogP contribution < -0.4 is 0 Å². The van der Waals surface area contributed by atoms with Gasteiger partial charge in [0.15, 0.2) is 0 Å². The van der Waals surface area contributed by atoms with Crippen molar-refractivity contribution < 1.29 is 0 Å². The molecule has 80 valence electrons. The Bertz CT molecular complexity index is 348. The molecular formula is C14H19N. The number of nitrogens with zero attached hydrogens (tertiary/aromatic N) is 1. The summed E-state index contributed by atoms with van der Waals surface area (Å²) in [4.78, 5) is 0. The maximum atomic E-state index is 8.46. The van der Waals surface area contributed by atoms with Crippen LogP contribution in [0.25, 0.3) is 0 Å². The zero-order valence-electron chi connectivity index (χ0n) is 9.93. The van der Waals surface area contributed by atoms with Gasteiger partial charge in [-0.15, -0.1) is 0 Å². The highest BCUT2D eigenvalue weighted by Crippen LogP contribution is 2.18. The summed E-state index contributed by atoms with van der Waals surface area (Å²) in [6.45, 7) is 6.50. The van der Waals surface area contributed by atoms with E-state index < -0.39 is 0 Å². The van der Waals surface area contributed by atoms with Crippen LogP contribution in [0.1, 0.15) is 41.5 Å². The lowest BCUT2D eigenvalue weighted by Gasteiger charge is -2.10. The predicted octanol–water partition coefficient (Wildman–Crippen LogP) is 3.85. The Labute approximate surface area is 92.7 Å². The number of rotatable bonds is 4. The molecule has 0 spiro atoms. The molecule has 0 bridgehead atoms. The van der Waals surface area contributed by atoms with E-state index in [0.29, 0.717) is 6.42 Å². The van der Waals surface area contributed by atoms with Crippen LogP contribution >= 0.6 is 0 Å². The molecule has 1 rings (SSSR count). The first-order valence-electron chi connectivity index (χ1n) is 5.59. The first-order chi connectivity index (χ1) is 7.15. The average Bonchev–Trinajstić information content (AvgIpc) is 2.15. The largest absolute Gasteiger partial charge is 0.198 e. The molecule has 0 amide bonds. The Morgan fingerprint density at radius 1 is 1.07 bits per heavy atom. The van der Waals surface area contributed by atoms with Crippen molar-refractivity contribution in [2.24, 2.45) is 0 Å². The molecule has 0 aromatic heterocycles. The Morgan fingerprint density at radius 3 is 2.20 bits per heavy atom. The third-order valence-electron chi connectivity index (χ3n) is 2.81. The molecule has 1 aromatic rings. The molecule has 1 aromatic carbocycles. The second kappa shape index (κ2) is 5.56. The highest BCUT2D eigenvalue weighted by atomic mass is 14.2. The molecule has 0 atom stereocenters. The molecule has 0 aliphatic heterocycles. The number of hydrogen-bond acceptors (Lipinski definition) is 1. The zero-order chi connectivity index (χ0) is 11.3. The molecule has 0 unspecified atom stereocenters. The Balaban J connectivity index is 2.65. The van der Waals surface area contributed by atoms with E-state index in [4.69, 9.17) is 5.26 Å². The van der Waals surface area contributed by atoms with Crippen LogP contribution in [0.2, 0.25) is 0 Å². The predicted molar refractivity (Wildman–Crippen MR) is 63.8 cm³/mol. The second-order valence-electron chi connectivity index (χ2n) is 4.24. The molecule has 0 saturated carbocycles. The van der Waals surface area contributed by atoms with Gasteiger partial charge in [-0.3, -0.25) is 0 Å². The van der Waals surface area contributed by atoms with Gasteiger partial charge in [-0.2, -0.15) is 5.26 Å². The highest BCUT2D eigenvalue weighted by molar-refractivity contribution is 5.37. The van der Waals surface area contributed by atoms with Crippen molar-refractivity contribution >= 4 is 0 Å². The Kier molecular flexibility index (Phi) is 4.37. The molecule has 15 heavy (non-hydrogen) atoms. The third kappa shape index (κ3) is 3.40. The van der Waals surface area contributed by atoms with Gasteiger partial charge in [-0.1, -0.05) is 17.7 Å². The van der Waals surface area contributed by atoms with E-state index in [-0.39, 0.29) is 0 Å². The number of aryl methyl sites for hydroxylation is 3. The van der Waals surface area contributed by atoms with Crippen molar-refractivity contribution in [1.82, 2.24) is 0 Å². The Hall–Kier alpha value is -1.29. The molecular weight excluding hydrogens is 182 g/mol. The summed E-state index contributed by atoms with van der Waals surface area (Å²) in [7, 11) is 0. The van der Waals surface area contributed by atoms with Crippen LogP contribution in [0.15, 0.2) is 12.1 Å². The summed E-state index contributed by atoms with van der Waals surface area (Å²) in [5, 5.41) is 8.46. The maximum Gasteiger partial charge on any atom is 0.0621 e. The van der Waals surface area contributed by atoms with E-state index in [1.807, 2.05) is 0 Å². The summed E-state index contributed by atoms with van der Waals surface area (Å²) in [6, 6.07) is 6.68. The molecule has 0 aliphatic rings. The smallest absolute Gasteiger partial charge is 0.0621 e. The molecule has 0 fully saturated rings. The summed E-state index contributed by atoms with van der Waals surface area (Å²) < 4.78 is 0. The molecule has 0 saturated heterocycles. The third-order valence-corrected chi connectivity index (χ3v) is 2.81. The molecule has 0 N–H and O–H groups in total. The average molecular weight is 201 g/mol. The van der Waals surface area contributed by atoms with E-state index in [1.165, 1.54) is 22.3 Å². The minimum Gasteiger partial charge on any atom is -0.198 e. The second-order valence-corrected chi connectivity index (χ2v) is 4.24. The zero-order valence-corrected chi connectivity index (χ0v) is 9.93. The highest BCUT2D eigenvalue weighted by Gasteiger charge is 2.03. The molecule has 1 nitrogen and oxygen atoms in total. The minimum atomic E-state index is 0.684. The fourth-order valence-corrected chi connectivity index (χ4v) is 2.11. The minimum absolute atomic E-state index is 0.684. The van der Waals surface area contributed by atoms with Gasteiger partial charge in [-0.25, -0.2) is 0 Å². The number of benzene rings is 1. The van der Waals surface area contributed by atoms with Crippen molar-refractivity contribution in [1.29, 1.82) is 5.26 Å². The van der Waals surface area contributed by atoms with Gasteiger partial charge >= 0.3 is 0 Å². The van der Waals surface area contributed by atoms with Crippen LogP contribution in [0, 0.1) is 32.1 Å². The fraction of sp³-hybridized carbons (Fsp3) is 0.500. The van der Waals surface area contributed by atoms with Gasteiger partial charge < -0.3 is 0 Å². The standard InChI is InChI=1S/C14H19N/c1-11-9-12(2)14(13(3)10-11)7-5-4-6-8-15/h9-10H,4-7H2,1-3H3. The number of hydrogen-bond donors (Lipinski definition) is 0. The van der Waals surface area contributed by atoms with E-state index in [0.717, 1.165) is 19.3 Å². The van der Waals surface area contributed by atoms with Crippen LogP contribution in [-0.4, -0.2) is 0 Å². The lowest BCUT2D eigenvalue weighted by molar-refractivity contribution is 0.747. The van der Waals surface area contributed by atoms with Gasteiger partial charge in [0, 0.05) is 6.42 Å². The summed E-state index contributed by atoms with van der Waals surface area (Å²) >= 11 is 0. The van der Waals surface area contributed by atoms with Gasteiger partial charge in [0.05, 0.1) is 6.07 Å². The summed E-state index contributed by atoms with van der Waals surface area (Å²) in [6.07, 6.45) is 3.94. The van der Waals surface area contributed by atoms with Crippen LogP contribution in [0.3, 0.4) is 0 Å². The molecule has 0 radical (unpaired) electrons. The van der Waals surface area contributed by atoms with E-state index in [1.54, 1.807) is 0 Å². The van der Waals surface area contributed by atoms with Crippen molar-refractivity contribution in [2.75, 3.05) is 0 Å². The maximum absolute atomic E-state index is 8.46. The lowest BCUT2D eigenvalue weighted by atomic mass is 9.95. The fourth-order valence-electron chi connectivity index (χ4n) is 2.11. The van der Waals surface area contributed by atoms with Crippen molar-refractivity contribution in [3.8, 4) is 6.07 Å². The summed E-state index contributed by atoms with van der Waals surface area (Å²) in [5.41, 5.74) is 5.60. The first-order valence-corrected chi connectivity index (χ1v) is 5.59. The topological polar surface area (TPSA) is 23.8 Å². The van der Waals surface area contributed by atoms with Gasteiger partial charge in [0.1, 0.15) is 0 Å². The monoisotopic (exact) mass is 201 g/mol. The molecule has 0 heterocycles.